The first-order valence-electron chi connectivity index (χ1n) is 22.1. The van der Waals surface area contributed by atoms with Crippen molar-refractivity contribution in [2.75, 3.05) is 21.2 Å². The summed E-state index contributed by atoms with van der Waals surface area (Å²) in [6, 6.07) is 49.1. The van der Waals surface area contributed by atoms with Gasteiger partial charge in [-0.25, -0.2) is 0 Å². The van der Waals surface area contributed by atoms with Gasteiger partial charge in [0.05, 0.1) is 34.1 Å². The highest BCUT2D eigenvalue weighted by Gasteiger charge is 2.37. The predicted octanol–water partition coefficient (Wildman–Crippen LogP) is 13.7. The van der Waals surface area contributed by atoms with E-state index in [-0.39, 0.29) is 10.8 Å². The number of hydrogen-bond acceptors (Lipinski definition) is 5. The van der Waals surface area contributed by atoms with Gasteiger partial charge in [0.25, 0.3) is 7.28 Å². The Bertz CT molecular complexity index is 2920. The lowest BCUT2D eigenvalue weighted by atomic mass is 9.70. The predicted molar refractivity (Wildman–Crippen MR) is 262 cm³/mol. The van der Waals surface area contributed by atoms with Crippen LogP contribution < -0.4 is 26.0 Å². The first-order chi connectivity index (χ1) is 29.9. The molecule has 8 aromatic rings. The van der Waals surface area contributed by atoms with Crippen molar-refractivity contribution in [1.29, 1.82) is 0 Å². The van der Waals surface area contributed by atoms with Crippen LogP contribution in [0.5, 0.6) is 0 Å². The van der Waals surface area contributed by atoms with E-state index in [1.165, 1.54) is 22.4 Å². The topological polar surface area (TPSA) is 36.0 Å². The van der Waals surface area contributed by atoms with Gasteiger partial charge in [-0.15, -0.1) is 0 Å². The second-order valence-corrected chi connectivity index (χ2v) is 19.4. The Morgan fingerprint density at radius 3 is 1.55 bits per heavy atom. The Hall–Kier alpha value is -6.66. The Balaban J connectivity index is 1.26. The van der Waals surface area contributed by atoms with Crippen molar-refractivity contribution in [1.82, 2.24) is 0 Å². The zero-order valence-corrected chi connectivity index (χ0v) is 36.7. The second kappa shape index (κ2) is 14.2. The van der Waals surface area contributed by atoms with Crippen molar-refractivity contribution < 1.29 is 8.83 Å². The summed E-state index contributed by atoms with van der Waals surface area (Å²) in [5, 5.41) is 2.12. The SMILES string of the molecule is Cc1c2cc(N3CC4C=CC=CC4c4ccccc43)cc1N(c1ccc(C(C)(C)C)cc1)c1c(oc3ccccc13)Bc1oc3ccccc3c1N2c1ccc(C(C)(C)C)cc1. The molecule has 3 aliphatic rings. The van der Waals surface area contributed by atoms with Gasteiger partial charge in [-0.05, 0) is 107 Å². The summed E-state index contributed by atoms with van der Waals surface area (Å²) in [5.74, 6) is 0.663. The van der Waals surface area contributed by atoms with Crippen molar-refractivity contribution in [2.45, 2.75) is 65.2 Å². The van der Waals surface area contributed by atoms with Crippen molar-refractivity contribution in [3.63, 3.8) is 0 Å². The number of para-hydroxylation sites is 3. The van der Waals surface area contributed by atoms with E-state index in [9.17, 15) is 0 Å². The van der Waals surface area contributed by atoms with E-state index in [2.05, 4.69) is 221 Å². The van der Waals surface area contributed by atoms with E-state index in [1.807, 2.05) is 0 Å². The fraction of sp³-hybridized carbons (Fsp3) is 0.214. The van der Waals surface area contributed by atoms with Gasteiger partial charge < -0.3 is 23.5 Å². The molecule has 2 aliphatic heterocycles. The third-order valence-corrected chi connectivity index (χ3v) is 13.4. The fourth-order valence-corrected chi connectivity index (χ4v) is 10.1. The lowest BCUT2D eigenvalue weighted by Gasteiger charge is -2.41. The number of hydrogen-bond donors (Lipinski definition) is 0. The smallest absolute Gasteiger partial charge is 0.290 e. The number of furan rings is 2. The average molecular weight is 810 g/mol. The summed E-state index contributed by atoms with van der Waals surface area (Å²) in [5.41, 5.74) is 17.3. The molecule has 306 valence electrons. The third-order valence-electron chi connectivity index (χ3n) is 13.4. The molecule has 2 atom stereocenters. The van der Waals surface area contributed by atoms with Gasteiger partial charge in [0.2, 0.25) is 0 Å². The number of benzene rings is 6. The second-order valence-electron chi connectivity index (χ2n) is 19.4. The van der Waals surface area contributed by atoms with Crippen molar-refractivity contribution in [3.8, 4) is 0 Å². The van der Waals surface area contributed by atoms with E-state index in [0.29, 0.717) is 19.1 Å². The summed E-state index contributed by atoms with van der Waals surface area (Å²) >= 11 is 0. The standard InChI is InChI=1S/C56H52BN3O2/c1-35-47-32-41(58-34-36-16-8-9-17-42(36)43-18-10-13-21-46(43)58)33-48(35)60(40-30-26-38(27-31-40)56(5,6)7)52-45-20-12-15-23-50(45)62-54(52)57-53-51(44-19-11-14-22-49(44)61-53)59(47)39-28-24-37(25-29-39)55(2,3)4/h8-33,36,42,57H,34H2,1-7H3. The Morgan fingerprint density at radius 2 is 1.02 bits per heavy atom. The molecule has 2 unspecified atom stereocenters. The van der Waals surface area contributed by atoms with E-state index >= 15 is 0 Å². The van der Waals surface area contributed by atoms with Crippen LogP contribution in [0.1, 0.15) is 69.7 Å². The van der Waals surface area contributed by atoms with Crippen LogP contribution in [-0.4, -0.2) is 13.8 Å². The lowest BCUT2D eigenvalue weighted by molar-refractivity contribution is 0.557. The molecule has 0 N–H and O–H groups in total. The summed E-state index contributed by atoms with van der Waals surface area (Å²) in [7, 11) is 0.458. The lowest BCUT2D eigenvalue weighted by Crippen LogP contribution is -2.35. The highest BCUT2D eigenvalue weighted by atomic mass is 16.3. The van der Waals surface area contributed by atoms with Gasteiger partial charge in [0.15, 0.2) is 0 Å². The molecule has 0 spiro atoms. The van der Waals surface area contributed by atoms with Crippen LogP contribution >= 0.6 is 0 Å². The quantitative estimate of drug-likeness (QED) is 0.166. The molecule has 0 saturated carbocycles. The molecule has 0 fully saturated rings. The summed E-state index contributed by atoms with van der Waals surface area (Å²) in [6.07, 6.45) is 9.19. The summed E-state index contributed by atoms with van der Waals surface area (Å²) in [4.78, 5) is 7.49. The van der Waals surface area contributed by atoms with Gasteiger partial charge >= 0.3 is 0 Å². The molecular weight excluding hydrogens is 757 g/mol. The summed E-state index contributed by atoms with van der Waals surface area (Å²) in [6.45, 7) is 16.8. The fourth-order valence-electron chi connectivity index (χ4n) is 10.1. The van der Waals surface area contributed by atoms with Gasteiger partial charge in [-0.2, -0.15) is 0 Å². The normalized spacial score (nSPS) is 17.1. The zero-order valence-electron chi connectivity index (χ0n) is 36.7. The molecule has 6 aromatic carbocycles. The van der Waals surface area contributed by atoms with E-state index < -0.39 is 0 Å². The van der Waals surface area contributed by atoms with Crippen LogP contribution in [-0.2, 0) is 10.8 Å². The van der Waals surface area contributed by atoms with Crippen molar-refractivity contribution in [2.24, 2.45) is 5.92 Å². The third kappa shape index (κ3) is 6.22. The zero-order chi connectivity index (χ0) is 42.5. The average Bonchev–Trinajstić information content (AvgIpc) is 3.81. The maximum Gasteiger partial charge on any atom is 0.290 e. The molecule has 0 saturated heterocycles. The maximum atomic E-state index is 7.02. The number of anilines is 8. The molecule has 1 aliphatic carbocycles. The van der Waals surface area contributed by atoms with Crippen LogP contribution in [0.3, 0.4) is 0 Å². The Kier molecular flexibility index (Phi) is 8.77. The van der Waals surface area contributed by atoms with E-state index in [0.717, 1.165) is 85.2 Å². The first-order valence-corrected chi connectivity index (χ1v) is 22.1. The van der Waals surface area contributed by atoms with Crippen LogP contribution in [0.4, 0.5) is 45.5 Å². The number of nitrogens with zero attached hydrogens (tertiary/aromatic N) is 3. The monoisotopic (exact) mass is 809 g/mol. The highest BCUT2D eigenvalue weighted by Crippen LogP contribution is 2.52. The number of rotatable bonds is 3. The van der Waals surface area contributed by atoms with Gasteiger partial charge in [0.1, 0.15) is 11.2 Å². The Morgan fingerprint density at radius 1 is 0.532 bits per heavy atom. The number of fused-ring (bicyclic) bond motifs is 11. The minimum absolute atomic E-state index is 0.00366. The van der Waals surface area contributed by atoms with Crippen molar-refractivity contribution >= 4 is 86.0 Å². The minimum atomic E-state index is 0.00366. The Labute approximate surface area is 365 Å². The van der Waals surface area contributed by atoms with E-state index in [1.54, 1.807) is 0 Å². The van der Waals surface area contributed by atoms with Crippen molar-refractivity contribution in [3.05, 3.63) is 180 Å². The number of allylic oxidation sites excluding steroid dienone is 3. The van der Waals surface area contributed by atoms with Crippen LogP contribution in [0.15, 0.2) is 167 Å². The molecule has 2 bridgehead atoms. The first kappa shape index (κ1) is 38.3. The minimum Gasteiger partial charge on any atom is -0.469 e. The van der Waals surface area contributed by atoms with Crippen LogP contribution in [0, 0.1) is 12.8 Å². The van der Waals surface area contributed by atoms with Gasteiger partial charge in [-0.3, -0.25) is 0 Å². The molecule has 5 nitrogen and oxygen atoms in total. The van der Waals surface area contributed by atoms with Gasteiger partial charge in [0, 0.05) is 51.9 Å². The molecule has 6 heteroatoms. The maximum absolute atomic E-state index is 7.02. The molecule has 2 aromatic heterocycles. The molecular formula is C56H52BN3O2. The molecule has 11 rings (SSSR count). The molecule has 0 radical (unpaired) electrons. The molecule has 0 amide bonds. The highest BCUT2D eigenvalue weighted by molar-refractivity contribution is 6.69. The van der Waals surface area contributed by atoms with E-state index in [4.69, 9.17) is 8.83 Å². The van der Waals surface area contributed by atoms with Crippen LogP contribution in [0.2, 0.25) is 0 Å². The van der Waals surface area contributed by atoms with Gasteiger partial charge in [-0.1, -0.05) is 133 Å². The molecule has 4 heterocycles. The summed E-state index contributed by atoms with van der Waals surface area (Å²) < 4.78 is 14.0. The largest absolute Gasteiger partial charge is 0.469 e. The molecule has 62 heavy (non-hydrogen) atoms. The van der Waals surface area contributed by atoms with Crippen LogP contribution in [0.25, 0.3) is 21.9 Å².